The summed E-state index contributed by atoms with van der Waals surface area (Å²) >= 11 is 0. The zero-order valence-electron chi connectivity index (χ0n) is 16.1. The normalized spacial score (nSPS) is 17.2. The second-order valence-electron chi connectivity index (χ2n) is 7.30. The molecule has 1 fully saturated rings. The van der Waals surface area contributed by atoms with E-state index >= 15 is 0 Å². The van der Waals surface area contributed by atoms with Gasteiger partial charge in [-0.15, -0.1) is 0 Å². The van der Waals surface area contributed by atoms with E-state index in [1.807, 2.05) is 14.0 Å². The van der Waals surface area contributed by atoms with Gasteiger partial charge in [0.1, 0.15) is 23.0 Å². The van der Waals surface area contributed by atoms with Gasteiger partial charge in [0, 0.05) is 25.2 Å². The van der Waals surface area contributed by atoms with Crippen LogP contribution in [0.25, 0.3) is 22.2 Å². The summed E-state index contributed by atoms with van der Waals surface area (Å²) in [7, 11) is 2.03. The number of nitrogens with zero attached hydrogens (tertiary/aromatic N) is 3. The standard InChI is InChI=1S/C21H25N3O2/c1-12-8-13(2)18(14(3)9-12)17-10-24(5)20-19(17)22-15(4)23-21(20)26-16-6-7-25-11-16/h8-10,16H,6-7,11H2,1-5H3. The summed E-state index contributed by atoms with van der Waals surface area (Å²) in [5, 5.41) is 0. The van der Waals surface area contributed by atoms with Gasteiger partial charge >= 0.3 is 0 Å². The molecule has 5 nitrogen and oxygen atoms in total. The molecule has 1 saturated heterocycles. The molecule has 0 saturated carbocycles. The lowest BCUT2D eigenvalue weighted by Gasteiger charge is -2.13. The number of aromatic nitrogens is 3. The second kappa shape index (κ2) is 6.40. The van der Waals surface area contributed by atoms with Gasteiger partial charge in [0.15, 0.2) is 0 Å². The molecule has 1 aliphatic rings. The van der Waals surface area contributed by atoms with Gasteiger partial charge in [-0.25, -0.2) is 4.98 Å². The Morgan fingerprint density at radius 3 is 2.50 bits per heavy atom. The summed E-state index contributed by atoms with van der Waals surface area (Å²) in [5.74, 6) is 1.38. The number of hydrogen-bond acceptors (Lipinski definition) is 4. The van der Waals surface area contributed by atoms with Crippen LogP contribution in [-0.4, -0.2) is 33.9 Å². The van der Waals surface area contributed by atoms with Crippen molar-refractivity contribution < 1.29 is 9.47 Å². The molecule has 0 amide bonds. The Morgan fingerprint density at radius 1 is 1.12 bits per heavy atom. The quantitative estimate of drug-likeness (QED) is 0.715. The molecule has 0 bridgehead atoms. The van der Waals surface area contributed by atoms with Crippen molar-refractivity contribution in [1.29, 1.82) is 0 Å². The van der Waals surface area contributed by atoms with Crippen LogP contribution >= 0.6 is 0 Å². The fourth-order valence-electron chi connectivity index (χ4n) is 4.00. The van der Waals surface area contributed by atoms with E-state index < -0.39 is 0 Å². The smallest absolute Gasteiger partial charge is 0.242 e. The minimum atomic E-state index is 0.0636. The Labute approximate surface area is 154 Å². The van der Waals surface area contributed by atoms with E-state index in [-0.39, 0.29) is 6.10 Å². The van der Waals surface area contributed by atoms with Crippen molar-refractivity contribution >= 4 is 11.0 Å². The maximum atomic E-state index is 6.18. The molecule has 1 aliphatic heterocycles. The number of benzene rings is 1. The van der Waals surface area contributed by atoms with Crippen molar-refractivity contribution in [3.63, 3.8) is 0 Å². The van der Waals surface area contributed by atoms with Crippen LogP contribution in [0.1, 0.15) is 28.9 Å². The first kappa shape index (κ1) is 17.0. The summed E-state index contributed by atoms with van der Waals surface area (Å²) in [4.78, 5) is 9.35. The second-order valence-corrected chi connectivity index (χ2v) is 7.30. The average molecular weight is 351 g/mol. The highest BCUT2D eigenvalue weighted by Crippen LogP contribution is 2.37. The molecule has 3 heterocycles. The summed E-state index contributed by atoms with van der Waals surface area (Å²) < 4.78 is 13.7. The monoisotopic (exact) mass is 351 g/mol. The molecule has 136 valence electrons. The molecule has 0 radical (unpaired) electrons. The minimum Gasteiger partial charge on any atom is -0.470 e. The lowest BCUT2D eigenvalue weighted by atomic mass is 9.95. The number of aryl methyl sites for hydroxylation is 5. The van der Waals surface area contributed by atoms with Gasteiger partial charge in [0.2, 0.25) is 5.88 Å². The number of rotatable bonds is 3. The maximum Gasteiger partial charge on any atom is 0.242 e. The SMILES string of the molecule is Cc1cc(C)c(-c2cn(C)c3c(OC4CCOC4)nc(C)nc23)c(C)c1. The third-order valence-electron chi connectivity index (χ3n) is 5.01. The van der Waals surface area contributed by atoms with Crippen LogP contribution in [0.2, 0.25) is 0 Å². The molecule has 2 aromatic heterocycles. The maximum absolute atomic E-state index is 6.18. The first-order valence-electron chi connectivity index (χ1n) is 9.10. The number of hydrogen-bond donors (Lipinski definition) is 0. The highest BCUT2D eigenvalue weighted by molar-refractivity contribution is 5.97. The molecule has 1 unspecified atom stereocenters. The predicted molar refractivity (Wildman–Crippen MR) is 103 cm³/mol. The highest BCUT2D eigenvalue weighted by Gasteiger charge is 2.23. The van der Waals surface area contributed by atoms with E-state index in [0.717, 1.165) is 35.4 Å². The van der Waals surface area contributed by atoms with Crippen LogP contribution in [0.3, 0.4) is 0 Å². The third-order valence-corrected chi connectivity index (χ3v) is 5.01. The largest absolute Gasteiger partial charge is 0.470 e. The molecule has 0 aliphatic carbocycles. The van der Waals surface area contributed by atoms with Crippen LogP contribution in [0.5, 0.6) is 5.88 Å². The Kier molecular flexibility index (Phi) is 4.19. The van der Waals surface area contributed by atoms with E-state index in [1.54, 1.807) is 0 Å². The Balaban J connectivity index is 1.92. The summed E-state index contributed by atoms with van der Waals surface area (Å²) in [5.41, 5.74) is 8.07. The fourth-order valence-corrected chi connectivity index (χ4v) is 4.00. The van der Waals surface area contributed by atoms with Crippen molar-refractivity contribution in [2.45, 2.75) is 40.2 Å². The molecular formula is C21H25N3O2. The Morgan fingerprint density at radius 2 is 1.85 bits per heavy atom. The molecule has 1 atom stereocenters. The van der Waals surface area contributed by atoms with E-state index in [0.29, 0.717) is 12.5 Å². The molecule has 0 spiro atoms. The number of ether oxygens (including phenoxy) is 2. The van der Waals surface area contributed by atoms with Crippen molar-refractivity contribution in [3.05, 3.63) is 40.8 Å². The van der Waals surface area contributed by atoms with Crippen LogP contribution in [0, 0.1) is 27.7 Å². The first-order valence-corrected chi connectivity index (χ1v) is 9.10. The van der Waals surface area contributed by atoms with Gasteiger partial charge in [-0.1, -0.05) is 17.7 Å². The minimum absolute atomic E-state index is 0.0636. The first-order chi connectivity index (χ1) is 12.4. The predicted octanol–water partition coefficient (Wildman–Crippen LogP) is 4.04. The molecule has 1 aromatic carbocycles. The van der Waals surface area contributed by atoms with E-state index in [9.17, 15) is 0 Å². The van der Waals surface area contributed by atoms with Gasteiger partial charge < -0.3 is 14.0 Å². The number of fused-ring (bicyclic) bond motifs is 1. The van der Waals surface area contributed by atoms with Crippen molar-refractivity contribution in [2.75, 3.05) is 13.2 Å². The van der Waals surface area contributed by atoms with Crippen molar-refractivity contribution in [2.24, 2.45) is 7.05 Å². The van der Waals surface area contributed by atoms with Crippen molar-refractivity contribution in [1.82, 2.24) is 14.5 Å². The molecule has 4 rings (SSSR count). The molecule has 26 heavy (non-hydrogen) atoms. The molecule has 5 heteroatoms. The van der Waals surface area contributed by atoms with Gasteiger partial charge in [-0.05, 0) is 44.4 Å². The van der Waals surface area contributed by atoms with E-state index in [2.05, 4.69) is 48.7 Å². The average Bonchev–Trinajstić information content (AvgIpc) is 3.15. The lowest BCUT2D eigenvalue weighted by Crippen LogP contribution is -2.17. The third kappa shape index (κ3) is 2.86. The zero-order valence-corrected chi connectivity index (χ0v) is 16.1. The van der Waals surface area contributed by atoms with Crippen LogP contribution < -0.4 is 4.74 Å². The Hall–Kier alpha value is -2.40. The summed E-state index contributed by atoms with van der Waals surface area (Å²) in [6, 6.07) is 4.45. The fraction of sp³-hybridized carbons (Fsp3) is 0.429. The van der Waals surface area contributed by atoms with Crippen molar-refractivity contribution in [3.8, 4) is 17.0 Å². The van der Waals surface area contributed by atoms with E-state index in [4.69, 9.17) is 14.5 Å². The van der Waals surface area contributed by atoms with Crippen LogP contribution in [-0.2, 0) is 11.8 Å². The molecular weight excluding hydrogens is 326 g/mol. The van der Waals surface area contributed by atoms with Gasteiger partial charge in [0.05, 0.1) is 13.2 Å². The summed E-state index contributed by atoms with van der Waals surface area (Å²) in [6.07, 6.45) is 3.10. The van der Waals surface area contributed by atoms with E-state index in [1.165, 1.54) is 22.3 Å². The molecule has 0 N–H and O–H groups in total. The summed E-state index contributed by atoms with van der Waals surface area (Å²) in [6.45, 7) is 9.75. The van der Waals surface area contributed by atoms with Gasteiger partial charge in [-0.2, -0.15) is 4.98 Å². The lowest BCUT2D eigenvalue weighted by molar-refractivity contribution is 0.139. The molecule has 3 aromatic rings. The van der Waals surface area contributed by atoms with Gasteiger partial charge in [-0.3, -0.25) is 0 Å². The van der Waals surface area contributed by atoms with Gasteiger partial charge in [0.25, 0.3) is 0 Å². The van der Waals surface area contributed by atoms with Crippen LogP contribution in [0.15, 0.2) is 18.3 Å². The van der Waals surface area contributed by atoms with Crippen LogP contribution in [0.4, 0.5) is 0 Å². The Bertz CT molecular complexity index is 962. The highest BCUT2D eigenvalue weighted by atomic mass is 16.5. The zero-order chi connectivity index (χ0) is 18.4. The topological polar surface area (TPSA) is 49.2 Å².